The van der Waals surface area contributed by atoms with Gasteiger partial charge in [0.25, 0.3) is 0 Å². The lowest BCUT2D eigenvalue weighted by Gasteiger charge is -2.15. The third-order valence-electron chi connectivity index (χ3n) is 2.84. The second-order valence-corrected chi connectivity index (χ2v) is 7.86. The van der Waals surface area contributed by atoms with E-state index in [9.17, 15) is 13.5 Å². The van der Waals surface area contributed by atoms with Gasteiger partial charge < -0.3 is 10.8 Å². The van der Waals surface area contributed by atoms with Crippen molar-refractivity contribution in [3.8, 4) is 0 Å². The molecule has 0 radical (unpaired) electrons. The number of benzene rings is 1. The minimum absolute atomic E-state index is 0.00405. The van der Waals surface area contributed by atoms with E-state index in [4.69, 9.17) is 5.73 Å². The molecule has 0 aliphatic rings. The van der Waals surface area contributed by atoms with Gasteiger partial charge in [-0.15, -0.1) is 0 Å². The second-order valence-electron chi connectivity index (χ2n) is 5.27. The van der Waals surface area contributed by atoms with Gasteiger partial charge in [-0.25, -0.2) is 13.1 Å². The minimum atomic E-state index is -3.67. The molecule has 7 heteroatoms. The Bertz CT molecular complexity index is 573. The quantitative estimate of drug-likeness (QED) is 0.673. The van der Waals surface area contributed by atoms with Crippen LogP contribution in [0.4, 0.5) is 5.69 Å². The summed E-state index contributed by atoms with van der Waals surface area (Å²) in [6, 6.07) is 3.07. The van der Waals surface area contributed by atoms with Gasteiger partial charge in [0.1, 0.15) is 0 Å². The Labute approximate surface area is 128 Å². The van der Waals surface area contributed by atoms with E-state index in [1.807, 2.05) is 13.8 Å². The van der Waals surface area contributed by atoms with Crippen LogP contribution in [-0.4, -0.2) is 26.2 Å². The van der Waals surface area contributed by atoms with Gasteiger partial charge >= 0.3 is 0 Å². The molecule has 1 aromatic carbocycles. The summed E-state index contributed by atoms with van der Waals surface area (Å²) in [5, 5.41) is 9.74. The number of nitrogens with one attached hydrogen (secondary N) is 1. The van der Waals surface area contributed by atoms with Crippen LogP contribution in [0.3, 0.4) is 0 Å². The Hall–Kier alpha value is -0.630. The van der Waals surface area contributed by atoms with Gasteiger partial charge in [-0.05, 0) is 52.9 Å². The molecule has 5 nitrogen and oxygen atoms in total. The molecule has 20 heavy (non-hydrogen) atoms. The maximum atomic E-state index is 12.2. The fourth-order valence-electron chi connectivity index (χ4n) is 1.87. The number of nitrogen functional groups attached to an aromatic ring is 1. The van der Waals surface area contributed by atoms with Crippen molar-refractivity contribution in [3.63, 3.8) is 0 Å². The third kappa shape index (κ3) is 4.73. The predicted molar refractivity (Wildman–Crippen MR) is 83.9 cm³/mol. The summed E-state index contributed by atoms with van der Waals surface area (Å²) in [4.78, 5) is 0.134. The molecule has 1 aromatic rings. The fourth-order valence-corrected chi connectivity index (χ4v) is 3.66. The van der Waals surface area contributed by atoms with Gasteiger partial charge in [0.2, 0.25) is 10.0 Å². The van der Waals surface area contributed by atoms with Gasteiger partial charge in [0, 0.05) is 16.7 Å². The van der Waals surface area contributed by atoms with Crippen LogP contribution in [0.25, 0.3) is 0 Å². The number of aryl methyl sites for hydroxylation is 1. The maximum Gasteiger partial charge on any atom is 0.240 e. The van der Waals surface area contributed by atoms with Crippen molar-refractivity contribution < 1.29 is 13.5 Å². The Kier molecular flexibility index (Phi) is 6.00. The molecule has 0 fully saturated rings. The van der Waals surface area contributed by atoms with Crippen LogP contribution in [-0.2, 0) is 10.0 Å². The Balaban J connectivity index is 2.87. The Morgan fingerprint density at radius 1 is 1.40 bits per heavy atom. The van der Waals surface area contributed by atoms with E-state index in [0.717, 1.165) is 0 Å². The third-order valence-corrected chi connectivity index (χ3v) is 5.09. The molecule has 0 aromatic heterocycles. The molecule has 0 heterocycles. The number of hydrogen-bond donors (Lipinski definition) is 3. The zero-order chi connectivity index (χ0) is 15.5. The van der Waals surface area contributed by atoms with Crippen molar-refractivity contribution in [2.75, 3.05) is 12.3 Å². The van der Waals surface area contributed by atoms with E-state index in [2.05, 4.69) is 20.7 Å². The highest BCUT2D eigenvalue weighted by Crippen LogP contribution is 2.26. The molecule has 0 spiro atoms. The SMILES string of the molecule is Cc1cc(Br)c(N)cc1S(=O)(=O)NCC(O)CC(C)C. The first-order chi connectivity index (χ1) is 9.13. The number of hydrogen-bond acceptors (Lipinski definition) is 4. The number of anilines is 1. The zero-order valence-corrected chi connectivity index (χ0v) is 14.3. The minimum Gasteiger partial charge on any atom is -0.398 e. The van der Waals surface area contributed by atoms with Crippen LogP contribution in [0.1, 0.15) is 25.8 Å². The average Bonchev–Trinajstić information content (AvgIpc) is 2.30. The lowest BCUT2D eigenvalue weighted by Crippen LogP contribution is -2.33. The van der Waals surface area contributed by atoms with E-state index in [0.29, 0.717) is 28.1 Å². The van der Waals surface area contributed by atoms with E-state index in [1.54, 1.807) is 13.0 Å². The van der Waals surface area contributed by atoms with Gasteiger partial charge in [0.05, 0.1) is 11.0 Å². The van der Waals surface area contributed by atoms with Crippen molar-refractivity contribution in [1.29, 1.82) is 0 Å². The van der Waals surface area contributed by atoms with Gasteiger partial charge in [0.15, 0.2) is 0 Å². The van der Waals surface area contributed by atoms with Crippen molar-refractivity contribution in [2.45, 2.75) is 38.2 Å². The first kappa shape index (κ1) is 17.4. The topological polar surface area (TPSA) is 92.4 Å². The van der Waals surface area contributed by atoms with Crippen molar-refractivity contribution >= 4 is 31.6 Å². The van der Waals surface area contributed by atoms with E-state index in [1.165, 1.54) is 6.07 Å². The second kappa shape index (κ2) is 6.89. The lowest BCUT2D eigenvalue weighted by molar-refractivity contribution is 0.152. The summed E-state index contributed by atoms with van der Waals surface area (Å²) in [5.41, 5.74) is 6.67. The molecule has 1 atom stereocenters. The van der Waals surface area contributed by atoms with E-state index < -0.39 is 16.1 Å². The van der Waals surface area contributed by atoms with Crippen LogP contribution in [0.5, 0.6) is 0 Å². The highest BCUT2D eigenvalue weighted by atomic mass is 79.9. The summed E-state index contributed by atoms with van der Waals surface area (Å²) in [5.74, 6) is 0.305. The lowest BCUT2D eigenvalue weighted by atomic mass is 10.1. The highest BCUT2D eigenvalue weighted by molar-refractivity contribution is 9.10. The summed E-state index contributed by atoms with van der Waals surface area (Å²) >= 11 is 3.26. The van der Waals surface area contributed by atoms with Crippen LogP contribution in [0.15, 0.2) is 21.5 Å². The normalized spacial score (nSPS) is 13.7. The molecule has 0 amide bonds. The smallest absolute Gasteiger partial charge is 0.240 e. The molecule has 0 bridgehead atoms. The number of rotatable bonds is 6. The first-order valence-electron chi connectivity index (χ1n) is 6.37. The fraction of sp³-hybridized carbons (Fsp3) is 0.538. The number of aliphatic hydroxyl groups is 1. The molecular formula is C13H21BrN2O3S. The predicted octanol–water partition coefficient (Wildman–Crippen LogP) is 2.03. The highest BCUT2D eigenvalue weighted by Gasteiger charge is 2.19. The number of sulfonamides is 1. The van der Waals surface area contributed by atoms with Crippen LogP contribution in [0.2, 0.25) is 0 Å². The Morgan fingerprint density at radius 2 is 2.00 bits per heavy atom. The standard InChI is InChI=1S/C13H21BrN2O3S/c1-8(2)4-10(17)7-16-20(18,19)13-6-12(15)11(14)5-9(13)3/h5-6,8,10,16-17H,4,7,15H2,1-3H3. The summed E-state index contributed by atoms with van der Waals surface area (Å²) in [6.07, 6.45) is -0.151. The van der Waals surface area contributed by atoms with Crippen LogP contribution in [0, 0.1) is 12.8 Å². The largest absolute Gasteiger partial charge is 0.398 e. The molecule has 4 N–H and O–H groups in total. The molecule has 0 saturated heterocycles. The molecule has 1 rings (SSSR count). The first-order valence-corrected chi connectivity index (χ1v) is 8.64. The summed E-state index contributed by atoms with van der Waals surface area (Å²) in [6.45, 7) is 5.63. The van der Waals surface area contributed by atoms with Crippen molar-refractivity contribution in [2.24, 2.45) is 5.92 Å². The molecule has 1 unspecified atom stereocenters. The Morgan fingerprint density at radius 3 is 2.55 bits per heavy atom. The molecule has 0 aliphatic carbocycles. The van der Waals surface area contributed by atoms with Crippen molar-refractivity contribution in [3.05, 3.63) is 22.2 Å². The van der Waals surface area contributed by atoms with Gasteiger partial charge in [-0.1, -0.05) is 13.8 Å². The molecule has 0 aliphatic heterocycles. The summed E-state index contributed by atoms with van der Waals surface area (Å²) in [7, 11) is -3.67. The average molecular weight is 365 g/mol. The maximum absolute atomic E-state index is 12.2. The monoisotopic (exact) mass is 364 g/mol. The van der Waals surface area contributed by atoms with E-state index >= 15 is 0 Å². The number of nitrogens with two attached hydrogens (primary N) is 1. The van der Waals surface area contributed by atoms with E-state index in [-0.39, 0.29) is 11.4 Å². The van der Waals surface area contributed by atoms with Crippen molar-refractivity contribution in [1.82, 2.24) is 4.72 Å². The van der Waals surface area contributed by atoms with Gasteiger partial charge in [-0.3, -0.25) is 0 Å². The molecule has 114 valence electrons. The molecule has 0 saturated carbocycles. The zero-order valence-electron chi connectivity index (χ0n) is 11.9. The number of halogens is 1. The van der Waals surface area contributed by atoms with Crippen LogP contribution < -0.4 is 10.5 Å². The molecular weight excluding hydrogens is 344 g/mol. The summed E-state index contributed by atoms with van der Waals surface area (Å²) < 4.78 is 27.5. The van der Waals surface area contributed by atoms with Crippen LogP contribution >= 0.6 is 15.9 Å². The van der Waals surface area contributed by atoms with Gasteiger partial charge in [-0.2, -0.15) is 0 Å². The number of aliphatic hydroxyl groups excluding tert-OH is 1.